The highest BCUT2D eigenvalue weighted by Gasteiger charge is 2.31. The van der Waals surface area contributed by atoms with E-state index in [2.05, 4.69) is 26.5 Å². The van der Waals surface area contributed by atoms with Crippen LogP contribution in [0.2, 0.25) is 0 Å². The number of rotatable bonds is 6. The van der Waals surface area contributed by atoms with Crippen molar-refractivity contribution in [2.75, 3.05) is 16.5 Å². The van der Waals surface area contributed by atoms with Crippen LogP contribution in [-0.4, -0.2) is 43.4 Å². The lowest BCUT2D eigenvalue weighted by Gasteiger charge is -2.28. The van der Waals surface area contributed by atoms with E-state index in [1.54, 1.807) is 24.3 Å². The number of hydrogen-bond donors (Lipinski definition) is 5. The predicted molar refractivity (Wildman–Crippen MR) is 145 cm³/mol. The molecule has 40 heavy (non-hydrogen) atoms. The highest BCUT2D eigenvalue weighted by Crippen LogP contribution is 2.40. The third kappa shape index (κ3) is 4.75. The maximum atomic E-state index is 13.7. The average molecular weight is 570 g/mol. The number of aromatic nitrogens is 1. The van der Waals surface area contributed by atoms with Crippen molar-refractivity contribution in [3.8, 4) is 0 Å². The first-order valence-corrected chi connectivity index (χ1v) is 14.5. The average Bonchev–Trinajstić information content (AvgIpc) is 3.44. The maximum absolute atomic E-state index is 13.7. The van der Waals surface area contributed by atoms with Crippen LogP contribution in [0.1, 0.15) is 63.1 Å². The number of nitrogens with one attached hydrogen (secondary N) is 5. The molecule has 10 nitrogen and oxygen atoms in total. The molecule has 6 rings (SSSR count). The Labute approximate surface area is 227 Å². The van der Waals surface area contributed by atoms with Gasteiger partial charge in [0, 0.05) is 16.7 Å². The van der Waals surface area contributed by atoms with Gasteiger partial charge in [0.05, 0.1) is 28.6 Å². The third-order valence-electron chi connectivity index (χ3n) is 7.57. The van der Waals surface area contributed by atoms with Gasteiger partial charge in [0.25, 0.3) is 23.8 Å². The number of sulfone groups is 1. The summed E-state index contributed by atoms with van der Waals surface area (Å²) < 4.78 is 50.2. The molecule has 5 N–H and O–H groups in total. The molecular formula is C27H25F2N5O5S. The molecule has 3 aromatic rings. The van der Waals surface area contributed by atoms with E-state index >= 15 is 0 Å². The number of amides is 2. The molecule has 0 radical (unpaired) electrons. The normalized spacial score (nSPS) is 21.2. The van der Waals surface area contributed by atoms with E-state index in [0.717, 1.165) is 30.2 Å². The fraction of sp³-hybridized carbons (Fsp3) is 0.296. The van der Waals surface area contributed by atoms with E-state index in [0.29, 0.717) is 22.3 Å². The van der Waals surface area contributed by atoms with E-state index < -0.39 is 45.7 Å². The fourth-order valence-electron chi connectivity index (χ4n) is 5.31. The van der Waals surface area contributed by atoms with Crippen molar-refractivity contribution in [3.63, 3.8) is 0 Å². The topological polar surface area (TPSA) is 149 Å². The first-order chi connectivity index (χ1) is 19.1. The van der Waals surface area contributed by atoms with Gasteiger partial charge in [-0.15, -0.1) is 0 Å². The second-order valence-electron chi connectivity index (χ2n) is 10.2. The molecule has 3 aliphatic rings. The summed E-state index contributed by atoms with van der Waals surface area (Å²) in [4.78, 5) is 42.2. The summed E-state index contributed by atoms with van der Waals surface area (Å²) in [6.07, 6.45) is 1.45. The standard InChI is InChI=1S/C27H25F2N5O5S/c28-24(29)23-18-11-15(5-7-20(18)33-34-23)30-27(37)21-17(13-2-1-3-13)6-4-14-10-19(26(36)32-22(14)21)25(35)31-16-8-9-40(38,39)12-16/h4-11,13,16,23-24,33-34H,1-3,12H2,(H,30,37)(H,31,35)(H,32,36)/t16-,23?/m1/s1. The molecular weight excluding hydrogens is 544 g/mol. The molecule has 1 unspecified atom stereocenters. The van der Waals surface area contributed by atoms with Crippen molar-refractivity contribution in [3.05, 3.63) is 80.5 Å². The summed E-state index contributed by atoms with van der Waals surface area (Å²) in [5.41, 5.74) is 6.65. The molecule has 13 heteroatoms. The Hall–Kier alpha value is -4.10. The smallest absolute Gasteiger partial charge is 0.261 e. The molecule has 2 amide bonds. The van der Waals surface area contributed by atoms with E-state index in [1.807, 2.05) is 0 Å². The van der Waals surface area contributed by atoms with Gasteiger partial charge in [-0.1, -0.05) is 18.6 Å². The summed E-state index contributed by atoms with van der Waals surface area (Å²) >= 11 is 0. The minimum absolute atomic E-state index is 0.115. The Kier molecular flexibility index (Phi) is 6.42. The van der Waals surface area contributed by atoms with Gasteiger partial charge in [0.2, 0.25) is 0 Å². The number of H-pyrrole nitrogens is 1. The second kappa shape index (κ2) is 9.82. The van der Waals surface area contributed by atoms with Crippen LogP contribution in [0.15, 0.2) is 52.7 Å². The SMILES string of the molecule is O=C(N[C@@H]1C=CS(=O)(=O)C1)c1cc2ccc(C3CCC3)c(C(=O)Nc3ccc4c(c3)C(C(F)F)NN4)c2[nH]c1=O. The van der Waals surface area contributed by atoms with Crippen molar-refractivity contribution >= 4 is 43.9 Å². The Morgan fingerprint density at radius 3 is 2.50 bits per heavy atom. The highest BCUT2D eigenvalue weighted by atomic mass is 32.2. The maximum Gasteiger partial charge on any atom is 0.261 e. The van der Waals surface area contributed by atoms with E-state index in [4.69, 9.17) is 0 Å². The highest BCUT2D eigenvalue weighted by molar-refractivity contribution is 7.94. The van der Waals surface area contributed by atoms with Crippen LogP contribution in [0.25, 0.3) is 10.9 Å². The Morgan fingerprint density at radius 2 is 1.82 bits per heavy atom. The van der Waals surface area contributed by atoms with Crippen LogP contribution in [0, 0.1) is 0 Å². The summed E-state index contributed by atoms with van der Waals surface area (Å²) in [7, 11) is -3.40. The van der Waals surface area contributed by atoms with Crippen LogP contribution < -0.4 is 27.0 Å². The summed E-state index contributed by atoms with van der Waals surface area (Å²) in [5, 5.41) is 6.79. The number of pyridine rings is 1. The first-order valence-electron chi connectivity index (χ1n) is 12.8. The lowest BCUT2D eigenvalue weighted by Crippen LogP contribution is -2.38. The predicted octanol–water partition coefficient (Wildman–Crippen LogP) is 3.32. The molecule has 2 aliphatic heterocycles. The minimum atomic E-state index is -3.40. The zero-order chi connectivity index (χ0) is 28.2. The third-order valence-corrected chi connectivity index (χ3v) is 8.97. The number of carbonyl (C=O) groups is 2. The fourth-order valence-corrected chi connectivity index (χ4v) is 6.55. The van der Waals surface area contributed by atoms with Crippen molar-refractivity contribution in [1.29, 1.82) is 0 Å². The molecule has 1 saturated carbocycles. The van der Waals surface area contributed by atoms with Crippen LogP contribution in [0.5, 0.6) is 0 Å². The zero-order valence-corrected chi connectivity index (χ0v) is 21.8. The number of benzene rings is 2. The quantitative estimate of drug-likeness (QED) is 0.306. The monoisotopic (exact) mass is 569 g/mol. The van der Waals surface area contributed by atoms with Gasteiger partial charge in [-0.05, 0) is 60.1 Å². The summed E-state index contributed by atoms with van der Waals surface area (Å²) in [6.45, 7) is 0. The van der Waals surface area contributed by atoms with E-state index in [1.165, 1.54) is 18.2 Å². The Balaban J connectivity index is 1.35. The van der Waals surface area contributed by atoms with Crippen molar-refractivity contribution in [2.24, 2.45) is 0 Å². The van der Waals surface area contributed by atoms with Crippen LogP contribution >= 0.6 is 0 Å². The van der Waals surface area contributed by atoms with Crippen LogP contribution in [0.4, 0.5) is 20.2 Å². The van der Waals surface area contributed by atoms with E-state index in [9.17, 15) is 31.6 Å². The van der Waals surface area contributed by atoms with Crippen molar-refractivity contribution < 1.29 is 26.8 Å². The van der Waals surface area contributed by atoms with Gasteiger partial charge in [-0.3, -0.25) is 14.4 Å². The lowest BCUT2D eigenvalue weighted by atomic mass is 9.77. The van der Waals surface area contributed by atoms with Crippen LogP contribution in [-0.2, 0) is 9.84 Å². The number of halogens is 2. The molecule has 208 valence electrons. The lowest BCUT2D eigenvalue weighted by molar-refractivity contribution is 0.0945. The number of aromatic amines is 1. The van der Waals surface area contributed by atoms with Gasteiger partial charge in [0.15, 0.2) is 9.84 Å². The first kappa shape index (κ1) is 26.1. The molecule has 0 spiro atoms. The summed E-state index contributed by atoms with van der Waals surface area (Å²) in [6, 6.07) is 7.59. The number of alkyl halides is 2. The molecule has 0 bridgehead atoms. The summed E-state index contributed by atoms with van der Waals surface area (Å²) in [5.74, 6) is -1.43. The van der Waals surface area contributed by atoms with Gasteiger partial charge in [-0.2, -0.15) is 0 Å². The van der Waals surface area contributed by atoms with Gasteiger partial charge >= 0.3 is 0 Å². The molecule has 1 aliphatic carbocycles. The largest absolute Gasteiger partial charge is 0.345 e. The molecule has 0 saturated heterocycles. The number of hydrogen-bond acceptors (Lipinski definition) is 7. The molecule has 1 fully saturated rings. The van der Waals surface area contributed by atoms with Crippen LogP contribution in [0.3, 0.4) is 0 Å². The molecule has 2 atom stereocenters. The minimum Gasteiger partial charge on any atom is -0.345 e. The van der Waals surface area contributed by atoms with Gasteiger partial charge in [-0.25, -0.2) is 22.6 Å². The van der Waals surface area contributed by atoms with Crippen molar-refractivity contribution in [2.45, 2.75) is 43.7 Å². The van der Waals surface area contributed by atoms with Gasteiger partial charge in [0.1, 0.15) is 11.6 Å². The Morgan fingerprint density at radius 1 is 1.02 bits per heavy atom. The number of hydrazine groups is 1. The molecule has 3 heterocycles. The number of anilines is 2. The van der Waals surface area contributed by atoms with Gasteiger partial charge < -0.3 is 21.0 Å². The molecule has 1 aromatic heterocycles. The number of carbonyl (C=O) groups excluding carboxylic acids is 2. The second-order valence-corrected chi connectivity index (χ2v) is 12.1. The van der Waals surface area contributed by atoms with E-state index in [-0.39, 0.29) is 28.3 Å². The Bertz CT molecular complexity index is 1750. The zero-order valence-electron chi connectivity index (χ0n) is 21.0. The molecule has 2 aromatic carbocycles. The number of fused-ring (bicyclic) bond motifs is 2. The van der Waals surface area contributed by atoms with Crippen molar-refractivity contribution in [1.82, 2.24) is 15.7 Å².